The highest BCUT2D eigenvalue weighted by Crippen LogP contribution is 1.99. The highest BCUT2D eigenvalue weighted by molar-refractivity contribution is 5.31. The first-order valence-electron chi connectivity index (χ1n) is 3.27. The van der Waals surface area contributed by atoms with E-state index in [1.807, 2.05) is 32.1 Å². The van der Waals surface area contributed by atoms with E-state index in [1.54, 1.807) is 0 Å². The van der Waals surface area contributed by atoms with Crippen LogP contribution in [0.1, 0.15) is 13.8 Å². The molecule has 0 aliphatic rings. The van der Waals surface area contributed by atoms with Crippen LogP contribution in [-0.2, 0) is 0 Å². The maximum absolute atomic E-state index is 5.55. The third kappa shape index (κ3) is 3.20. The molecule has 0 rings (SSSR count). The van der Waals surface area contributed by atoms with E-state index in [1.165, 1.54) is 0 Å². The molecule has 0 bridgehead atoms. The Hall–Kier alpha value is -0.890. The van der Waals surface area contributed by atoms with Gasteiger partial charge in [0, 0.05) is 6.04 Å². The smallest absolute Gasteiger partial charge is 0.0560 e. The van der Waals surface area contributed by atoms with Crippen molar-refractivity contribution in [3.8, 4) is 0 Å². The summed E-state index contributed by atoms with van der Waals surface area (Å²) >= 11 is 0. The zero-order valence-corrected chi connectivity index (χ0v) is 6.54. The Bertz CT molecular complexity index is 155. The van der Waals surface area contributed by atoms with Crippen molar-refractivity contribution in [2.75, 3.05) is 0 Å². The van der Waals surface area contributed by atoms with Gasteiger partial charge in [-0.05, 0) is 26.6 Å². The van der Waals surface area contributed by atoms with Crippen LogP contribution in [0.3, 0.4) is 0 Å². The van der Waals surface area contributed by atoms with Crippen molar-refractivity contribution in [3.05, 3.63) is 23.9 Å². The van der Waals surface area contributed by atoms with Crippen molar-refractivity contribution in [1.82, 2.24) is 0 Å². The van der Waals surface area contributed by atoms with Gasteiger partial charge in [-0.2, -0.15) is 0 Å². The van der Waals surface area contributed by atoms with Crippen LogP contribution in [0.5, 0.6) is 0 Å². The summed E-state index contributed by atoms with van der Waals surface area (Å²) in [7, 11) is 0. The summed E-state index contributed by atoms with van der Waals surface area (Å²) in [6, 6.07) is -0.0336. The van der Waals surface area contributed by atoms with Crippen LogP contribution < -0.4 is 5.73 Å². The molecule has 1 atom stereocenters. The fraction of sp³-hybridized carbons (Fsp3) is 0.375. The molecule has 0 amide bonds. The molecule has 10 heavy (non-hydrogen) atoms. The molecule has 56 valence electrons. The average Bonchev–Trinajstić information content (AvgIpc) is 1.89. The Labute approximate surface area is 62.1 Å². The number of aliphatic imine (C=N–C) groups is 1. The molecule has 0 aromatic heterocycles. The normalized spacial score (nSPS) is 15.7. The van der Waals surface area contributed by atoms with E-state index in [9.17, 15) is 0 Å². The molecular formula is C8H14N2. The number of hydrogen-bond donors (Lipinski definition) is 1. The fourth-order valence-electron chi connectivity index (χ4n) is 0.543. The third-order valence-electron chi connectivity index (χ3n) is 1.11. The third-order valence-corrected chi connectivity index (χ3v) is 1.11. The van der Waals surface area contributed by atoms with E-state index >= 15 is 0 Å². The number of nitrogens with zero attached hydrogens (tertiary/aromatic N) is 1. The Morgan fingerprint density at radius 3 is 2.60 bits per heavy atom. The molecule has 2 nitrogen and oxygen atoms in total. The summed E-state index contributed by atoms with van der Waals surface area (Å²) in [5.41, 5.74) is 6.37. The van der Waals surface area contributed by atoms with E-state index in [4.69, 9.17) is 5.73 Å². The average molecular weight is 138 g/mol. The van der Waals surface area contributed by atoms with E-state index in [0.717, 1.165) is 5.70 Å². The molecule has 0 radical (unpaired) electrons. The molecule has 2 heteroatoms. The molecule has 0 heterocycles. The second-order valence-corrected chi connectivity index (χ2v) is 2.06. The van der Waals surface area contributed by atoms with Gasteiger partial charge in [-0.1, -0.05) is 12.2 Å². The van der Waals surface area contributed by atoms with Gasteiger partial charge in [0.05, 0.1) is 5.70 Å². The Morgan fingerprint density at radius 2 is 2.30 bits per heavy atom. The largest absolute Gasteiger partial charge is 0.323 e. The van der Waals surface area contributed by atoms with Crippen LogP contribution >= 0.6 is 0 Å². The molecule has 0 spiro atoms. The molecule has 0 aromatic rings. The van der Waals surface area contributed by atoms with E-state index < -0.39 is 0 Å². The molecule has 0 saturated heterocycles. The van der Waals surface area contributed by atoms with Gasteiger partial charge in [-0.3, -0.25) is 4.99 Å². The lowest BCUT2D eigenvalue weighted by Gasteiger charge is -2.02. The fourth-order valence-corrected chi connectivity index (χ4v) is 0.543. The first-order chi connectivity index (χ1) is 4.72. The number of rotatable bonds is 3. The van der Waals surface area contributed by atoms with Gasteiger partial charge < -0.3 is 5.73 Å². The van der Waals surface area contributed by atoms with Gasteiger partial charge in [0.15, 0.2) is 0 Å². The summed E-state index contributed by atoms with van der Waals surface area (Å²) in [6.07, 6.45) is 5.68. The zero-order chi connectivity index (χ0) is 7.98. The maximum Gasteiger partial charge on any atom is 0.0560 e. The Morgan fingerprint density at radius 1 is 1.70 bits per heavy atom. The van der Waals surface area contributed by atoms with E-state index in [-0.39, 0.29) is 6.04 Å². The lowest BCUT2D eigenvalue weighted by Crippen LogP contribution is -2.16. The zero-order valence-electron chi connectivity index (χ0n) is 6.54. The van der Waals surface area contributed by atoms with Crippen LogP contribution in [0.25, 0.3) is 0 Å². The van der Waals surface area contributed by atoms with Crippen LogP contribution in [0.2, 0.25) is 0 Å². The lowest BCUT2D eigenvalue weighted by atomic mass is 10.2. The minimum Gasteiger partial charge on any atom is -0.323 e. The second kappa shape index (κ2) is 4.94. The van der Waals surface area contributed by atoms with E-state index in [2.05, 4.69) is 11.7 Å². The predicted molar refractivity (Wildman–Crippen MR) is 46.1 cm³/mol. The first-order valence-corrected chi connectivity index (χ1v) is 3.27. The van der Waals surface area contributed by atoms with Crippen molar-refractivity contribution >= 4 is 6.72 Å². The Balaban J connectivity index is 4.18. The predicted octanol–water partition coefficient (Wildman–Crippen LogP) is 1.49. The van der Waals surface area contributed by atoms with Gasteiger partial charge >= 0.3 is 0 Å². The topological polar surface area (TPSA) is 38.4 Å². The van der Waals surface area contributed by atoms with Gasteiger partial charge in [0.1, 0.15) is 0 Å². The molecular weight excluding hydrogens is 124 g/mol. The summed E-state index contributed by atoms with van der Waals surface area (Å²) < 4.78 is 0. The second-order valence-electron chi connectivity index (χ2n) is 2.06. The number of nitrogens with two attached hydrogens (primary N) is 1. The minimum absolute atomic E-state index is 0.0336. The standard InChI is InChI=1S/C8H14N2/c1-4-5-6-8(10-3)7(2)9/h4-7H,3,9H2,1-2H3/b5-4-,8-6-/t7-/m0/s1. The van der Waals surface area contributed by atoms with Crippen molar-refractivity contribution in [2.45, 2.75) is 19.9 Å². The molecule has 0 saturated carbocycles. The summed E-state index contributed by atoms with van der Waals surface area (Å²) in [6.45, 7) is 7.22. The molecule has 0 fully saturated rings. The highest BCUT2D eigenvalue weighted by Gasteiger charge is 1.96. The van der Waals surface area contributed by atoms with E-state index in [0.29, 0.717) is 0 Å². The van der Waals surface area contributed by atoms with Gasteiger partial charge in [0.2, 0.25) is 0 Å². The van der Waals surface area contributed by atoms with Gasteiger partial charge in [-0.15, -0.1) is 0 Å². The molecule has 0 aliphatic carbocycles. The highest BCUT2D eigenvalue weighted by atomic mass is 14.8. The summed E-state index contributed by atoms with van der Waals surface area (Å²) in [4.78, 5) is 3.76. The summed E-state index contributed by atoms with van der Waals surface area (Å²) in [5, 5.41) is 0. The monoisotopic (exact) mass is 138 g/mol. The number of allylic oxidation sites excluding steroid dienone is 3. The Kier molecular flexibility index (Phi) is 4.50. The molecule has 2 N–H and O–H groups in total. The van der Waals surface area contributed by atoms with Crippen LogP contribution in [0, 0.1) is 0 Å². The van der Waals surface area contributed by atoms with Crippen LogP contribution in [0.15, 0.2) is 28.9 Å². The minimum atomic E-state index is -0.0336. The first kappa shape index (κ1) is 9.11. The molecule has 0 unspecified atom stereocenters. The lowest BCUT2D eigenvalue weighted by molar-refractivity contribution is 0.850. The van der Waals surface area contributed by atoms with Gasteiger partial charge in [0.25, 0.3) is 0 Å². The molecule has 0 aromatic carbocycles. The van der Waals surface area contributed by atoms with Crippen LogP contribution in [0.4, 0.5) is 0 Å². The van der Waals surface area contributed by atoms with Crippen LogP contribution in [-0.4, -0.2) is 12.8 Å². The van der Waals surface area contributed by atoms with Crippen molar-refractivity contribution in [2.24, 2.45) is 10.7 Å². The van der Waals surface area contributed by atoms with Crippen molar-refractivity contribution in [3.63, 3.8) is 0 Å². The molecule has 0 aliphatic heterocycles. The van der Waals surface area contributed by atoms with Crippen molar-refractivity contribution in [1.29, 1.82) is 0 Å². The maximum atomic E-state index is 5.55. The van der Waals surface area contributed by atoms with Crippen molar-refractivity contribution < 1.29 is 0 Å². The summed E-state index contributed by atoms with van der Waals surface area (Å²) in [5.74, 6) is 0. The quantitative estimate of drug-likeness (QED) is 0.465. The number of hydrogen-bond acceptors (Lipinski definition) is 2. The SMILES string of the molecule is C=N/C(=C\C=C/C)[C@H](C)N. The van der Waals surface area contributed by atoms with Gasteiger partial charge in [-0.25, -0.2) is 0 Å².